The Hall–Kier alpha value is -0.780. The van der Waals surface area contributed by atoms with Crippen LogP contribution in [0, 0.1) is 5.92 Å². The van der Waals surface area contributed by atoms with Crippen LogP contribution in [-0.4, -0.2) is 0 Å². The van der Waals surface area contributed by atoms with E-state index in [2.05, 4.69) is 54.2 Å². The van der Waals surface area contributed by atoms with Gasteiger partial charge in [-0.3, -0.25) is 0 Å². The third-order valence-corrected chi connectivity index (χ3v) is 3.18. The first kappa shape index (κ1) is 14.2. The molecule has 0 aromatic carbocycles. The number of allylic oxidation sites excluding steroid dienone is 5. The van der Waals surface area contributed by atoms with Crippen molar-refractivity contribution in [1.29, 1.82) is 0 Å². The van der Waals surface area contributed by atoms with E-state index < -0.39 is 0 Å². The standard InChI is InChI=1S/C15H26/c1-8-12(5)10-15(11(3)4)14(7)13(6)9-2/h10,13H,3,8-9H2,1-2,4-7H3. The van der Waals surface area contributed by atoms with Crippen LogP contribution < -0.4 is 0 Å². The van der Waals surface area contributed by atoms with Crippen LogP contribution in [-0.2, 0) is 0 Å². The molecule has 0 aromatic rings. The van der Waals surface area contributed by atoms with Crippen molar-refractivity contribution >= 4 is 0 Å². The zero-order chi connectivity index (χ0) is 12.0. The van der Waals surface area contributed by atoms with Gasteiger partial charge in [-0.2, -0.15) is 0 Å². The largest absolute Gasteiger partial charge is 0.0955 e. The minimum absolute atomic E-state index is 0.651. The predicted octanol–water partition coefficient (Wildman–Crippen LogP) is 5.28. The Morgan fingerprint density at radius 3 is 2.07 bits per heavy atom. The predicted molar refractivity (Wildman–Crippen MR) is 71.0 cm³/mol. The molecule has 0 N–H and O–H groups in total. The lowest BCUT2D eigenvalue weighted by molar-refractivity contribution is 0.651. The third kappa shape index (κ3) is 4.51. The molecule has 0 bridgehead atoms. The van der Waals surface area contributed by atoms with Crippen LogP contribution in [0.5, 0.6) is 0 Å². The molecule has 0 aliphatic rings. The van der Waals surface area contributed by atoms with E-state index in [9.17, 15) is 0 Å². The zero-order valence-electron chi connectivity index (χ0n) is 11.3. The van der Waals surface area contributed by atoms with E-state index in [1.807, 2.05) is 0 Å². The Morgan fingerprint density at radius 2 is 1.73 bits per heavy atom. The fourth-order valence-electron chi connectivity index (χ4n) is 1.49. The van der Waals surface area contributed by atoms with Crippen molar-refractivity contribution in [2.45, 2.75) is 54.4 Å². The van der Waals surface area contributed by atoms with E-state index in [-0.39, 0.29) is 0 Å². The van der Waals surface area contributed by atoms with Crippen molar-refractivity contribution in [2.75, 3.05) is 0 Å². The molecule has 1 unspecified atom stereocenters. The lowest BCUT2D eigenvalue weighted by atomic mass is 9.91. The van der Waals surface area contributed by atoms with Crippen molar-refractivity contribution in [3.8, 4) is 0 Å². The topological polar surface area (TPSA) is 0 Å². The number of hydrogen-bond donors (Lipinski definition) is 0. The summed E-state index contributed by atoms with van der Waals surface area (Å²) in [6.07, 6.45) is 4.61. The molecule has 86 valence electrons. The molecule has 0 aromatic heterocycles. The van der Waals surface area contributed by atoms with Gasteiger partial charge in [0.1, 0.15) is 0 Å². The van der Waals surface area contributed by atoms with Crippen LogP contribution in [0.4, 0.5) is 0 Å². The van der Waals surface area contributed by atoms with Gasteiger partial charge < -0.3 is 0 Å². The van der Waals surface area contributed by atoms with Crippen molar-refractivity contribution in [3.63, 3.8) is 0 Å². The van der Waals surface area contributed by atoms with E-state index in [0.717, 1.165) is 6.42 Å². The van der Waals surface area contributed by atoms with E-state index in [4.69, 9.17) is 0 Å². The highest BCUT2D eigenvalue weighted by Crippen LogP contribution is 2.24. The Bertz CT molecular complexity index is 276. The second kappa shape index (κ2) is 6.66. The van der Waals surface area contributed by atoms with E-state index in [0.29, 0.717) is 5.92 Å². The van der Waals surface area contributed by atoms with Crippen molar-refractivity contribution in [2.24, 2.45) is 5.92 Å². The number of hydrogen-bond acceptors (Lipinski definition) is 0. The van der Waals surface area contributed by atoms with Crippen molar-refractivity contribution < 1.29 is 0 Å². The molecule has 0 rings (SSSR count). The lowest BCUT2D eigenvalue weighted by Crippen LogP contribution is -1.99. The highest BCUT2D eigenvalue weighted by atomic mass is 14.1. The van der Waals surface area contributed by atoms with Gasteiger partial charge >= 0.3 is 0 Å². The van der Waals surface area contributed by atoms with Gasteiger partial charge in [0, 0.05) is 0 Å². The fourth-order valence-corrected chi connectivity index (χ4v) is 1.49. The van der Waals surface area contributed by atoms with Gasteiger partial charge in [-0.05, 0) is 45.1 Å². The Labute approximate surface area is 95.8 Å². The minimum atomic E-state index is 0.651. The Kier molecular flexibility index (Phi) is 6.31. The lowest BCUT2D eigenvalue weighted by Gasteiger charge is -2.15. The molecule has 1 atom stereocenters. The summed E-state index contributed by atoms with van der Waals surface area (Å²) in [4.78, 5) is 0. The van der Waals surface area contributed by atoms with Gasteiger partial charge in [-0.15, -0.1) is 0 Å². The average Bonchev–Trinajstić information content (AvgIpc) is 2.22. The monoisotopic (exact) mass is 206 g/mol. The summed E-state index contributed by atoms with van der Waals surface area (Å²) in [5.74, 6) is 0.651. The molecule has 0 aliphatic heterocycles. The SMILES string of the molecule is C=C(C)C(C=C(C)CC)=C(C)C(C)CC. The van der Waals surface area contributed by atoms with Crippen molar-refractivity contribution in [3.05, 3.63) is 34.9 Å². The Morgan fingerprint density at radius 1 is 1.20 bits per heavy atom. The molecular formula is C15H26. The highest BCUT2D eigenvalue weighted by Gasteiger charge is 2.07. The quantitative estimate of drug-likeness (QED) is 0.537. The molecule has 0 heterocycles. The van der Waals surface area contributed by atoms with Gasteiger partial charge in [-0.25, -0.2) is 0 Å². The summed E-state index contributed by atoms with van der Waals surface area (Å²) >= 11 is 0. The maximum atomic E-state index is 4.08. The molecule has 0 radical (unpaired) electrons. The van der Waals surface area contributed by atoms with Crippen LogP contribution >= 0.6 is 0 Å². The first-order chi connectivity index (χ1) is 6.93. The maximum Gasteiger partial charge on any atom is -0.0228 e. The fraction of sp³-hybridized carbons (Fsp3) is 0.600. The molecule has 0 heteroatoms. The van der Waals surface area contributed by atoms with Crippen LogP contribution in [0.15, 0.2) is 34.9 Å². The molecule has 0 nitrogen and oxygen atoms in total. The zero-order valence-corrected chi connectivity index (χ0v) is 11.3. The summed E-state index contributed by atoms with van der Waals surface area (Å²) < 4.78 is 0. The molecule has 0 spiro atoms. The first-order valence-corrected chi connectivity index (χ1v) is 5.97. The van der Waals surface area contributed by atoms with Gasteiger partial charge in [-0.1, -0.05) is 50.1 Å². The maximum absolute atomic E-state index is 4.08. The third-order valence-electron chi connectivity index (χ3n) is 3.18. The van der Waals surface area contributed by atoms with Gasteiger partial charge in [0.25, 0.3) is 0 Å². The molecule has 0 saturated carbocycles. The van der Waals surface area contributed by atoms with Gasteiger partial charge in [0.15, 0.2) is 0 Å². The summed E-state index contributed by atoms with van der Waals surface area (Å²) in [5, 5.41) is 0. The van der Waals surface area contributed by atoms with E-state index >= 15 is 0 Å². The van der Waals surface area contributed by atoms with Crippen LogP contribution in [0.25, 0.3) is 0 Å². The first-order valence-electron chi connectivity index (χ1n) is 5.97. The molecule has 0 aliphatic carbocycles. The summed E-state index contributed by atoms with van der Waals surface area (Å²) in [6, 6.07) is 0. The van der Waals surface area contributed by atoms with Gasteiger partial charge in [0.2, 0.25) is 0 Å². The van der Waals surface area contributed by atoms with E-state index in [1.165, 1.54) is 28.7 Å². The summed E-state index contributed by atoms with van der Waals surface area (Å²) in [6.45, 7) is 17.3. The van der Waals surface area contributed by atoms with Crippen LogP contribution in [0.3, 0.4) is 0 Å². The minimum Gasteiger partial charge on any atom is -0.0955 e. The van der Waals surface area contributed by atoms with Crippen molar-refractivity contribution in [1.82, 2.24) is 0 Å². The highest BCUT2D eigenvalue weighted by molar-refractivity contribution is 5.42. The average molecular weight is 206 g/mol. The van der Waals surface area contributed by atoms with Crippen LogP contribution in [0.1, 0.15) is 54.4 Å². The molecule has 15 heavy (non-hydrogen) atoms. The Balaban J connectivity index is 5.21. The number of rotatable bonds is 5. The van der Waals surface area contributed by atoms with Gasteiger partial charge in [0.05, 0.1) is 0 Å². The molecule has 0 amide bonds. The van der Waals surface area contributed by atoms with E-state index in [1.54, 1.807) is 0 Å². The molecule has 0 saturated heterocycles. The second-order valence-corrected chi connectivity index (χ2v) is 4.53. The second-order valence-electron chi connectivity index (χ2n) is 4.53. The summed E-state index contributed by atoms with van der Waals surface area (Å²) in [7, 11) is 0. The normalized spacial score (nSPS) is 16.0. The smallest absolute Gasteiger partial charge is 0.0228 e. The van der Waals surface area contributed by atoms with Crippen LogP contribution in [0.2, 0.25) is 0 Å². The molecule has 0 fully saturated rings. The molecular weight excluding hydrogens is 180 g/mol. The summed E-state index contributed by atoms with van der Waals surface area (Å²) in [5.41, 5.74) is 5.43.